The summed E-state index contributed by atoms with van der Waals surface area (Å²) in [5.41, 5.74) is 2.73. The van der Waals surface area contributed by atoms with Gasteiger partial charge in [0.2, 0.25) is 5.88 Å². The zero-order chi connectivity index (χ0) is 23.2. The second kappa shape index (κ2) is 7.81. The van der Waals surface area contributed by atoms with Crippen LogP contribution in [0.4, 0.5) is 5.69 Å². The summed E-state index contributed by atoms with van der Waals surface area (Å²) in [6, 6.07) is 12.5. The predicted octanol–water partition coefficient (Wildman–Crippen LogP) is 2.96. The van der Waals surface area contributed by atoms with E-state index in [2.05, 4.69) is 10.1 Å². The van der Waals surface area contributed by atoms with Crippen molar-refractivity contribution in [2.45, 2.75) is 27.7 Å². The summed E-state index contributed by atoms with van der Waals surface area (Å²) in [6.07, 6.45) is 1.27. The number of hydrogen-bond donors (Lipinski definition) is 2. The normalized spacial score (nSPS) is 14.9. The first kappa shape index (κ1) is 21.0. The van der Waals surface area contributed by atoms with E-state index in [0.29, 0.717) is 17.1 Å². The Hall–Kier alpha value is -4.20. The van der Waals surface area contributed by atoms with Gasteiger partial charge in [0.15, 0.2) is 0 Å². The maximum absolute atomic E-state index is 13.1. The topological polar surface area (TPSA) is 108 Å². The SMILES string of the molecule is CC1=NN(c2ccc(C)c(C)c2)C(=O)/C1=C\c1c(O)n(-c2cccc(C)c2)c(=O)[nH]c1=O. The third kappa shape index (κ3) is 3.56. The molecule has 162 valence electrons. The molecule has 4 rings (SSSR count). The molecule has 3 aromatic rings. The molecule has 1 aromatic heterocycles. The predicted molar refractivity (Wildman–Crippen MR) is 124 cm³/mol. The number of carbonyl (C=O) groups is 1. The van der Waals surface area contributed by atoms with Crippen molar-refractivity contribution >= 4 is 23.4 Å². The Labute approximate surface area is 183 Å². The van der Waals surface area contributed by atoms with E-state index < -0.39 is 23.0 Å². The Bertz CT molecular complexity index is 1440. The molecule has 0 spiro atoms. The van der Waals surface area contributed by atoms with Crippen LogP contribution >= 0.6 is 0 Å². The Balaban J connectivity index is 1.82. The van der Waals surface area contributed by atoms with Crippen molar-refractivity contribution in [1.82, 2.24) is 9.55 Å². The lowest BCUT2D eigenvalue weighted by Crippen LogP contribution is -2.30. The lowest BCUT2D eigenvalue weighted by molar-refractivity contribution is -0.114. The third-order valence-corrected chi connectivity index (χ3v) is 5.47. The van der Waals surface area contributed by atoms with Crippen molar-refractivity contribution in [3.63, 3.8) is 0 Å². The zero-order valence-electron chi connectivity index (χ0n) is 18.1. The number of carbonyl (C=O) groups excluding carboxylic acids is 1. The maximum Gasteiger partial charge on any atom is 0.335 e. The molecule has 0 atom stereocenters. The third-order valence-electron chi connectivity index (χ3n) is 5.47. The van der Waals surface area contributed by atoms with Crippen LogP contribution < -0.4 is 16.3 Å². The number of nitrogens with zero attached hydrogens (tertiary/aromatic N) is 3. The second-order valence-corrected chi connectivity index (χ2v) is 7.80. The minimum absolute atomic E-state index is 0.151. The van der Waals surface area contributed by atoms with E-state index in [1.54, 1.807) is 31.2 Å². The number of benzene rings is 2. The van der Waals surface area contributed by atoms with Crippen molar-refractivity contribution in [1.29, 1.82) is 0 Å². The van der Waals surface area contributed by atoms with E-state index in [1.165, 1.54) is 11.1 Å². The van der Waals surface area contributed by atoms with Gasteiger partial charge in [-0.05, 0) is 74.7 Å². The molecule has 0 saturated carbocycles. The molecule has 0 fully saturated rings. The summed E-state index contributed by atoms with van der Waals surface area (Å²) in [4.78, 5) is 40.2. The van der Waals surface area contributed by atoms with Crippen LogP contribution in [0, 0.1) is 20.8 Å². The lowest BCUT2D eigenvalue weighted by atomic mass is 10.1. The Morgan fingerprint density at radius 3 is 2.38 bits per heavy atom. The molecule has 2 aromatic carbocycles. The van der Waals surface area contributed by atoms with Crippen molar-refractivity contribution in [2.24, 2.45) is 5.10 Å². The molecule has 32 heavy (non-hydrogen) atoms. The largest absolute Gasteiger partial charge is 0.494 e. The van der Waals surface area contributed by atoms with Crippen molar-refractivity contribution in [2.75, 3.05) is 5.01 Å². The van der Waals surface area contributed by atoms with Crippen LogP contribution in [-0.4, -0.2) is 26.3 Å². The van der Waals surface area contributed by atoms with Gasteiger partial charge in [0.25, 0.3) is 11.5 Å². The van der Waals surface area contributed by atoms with Gasteiger partial charge in [-0.15, -0.1) is 0 Å². The molecule has 0 unspecified atom stereocenters. The molecule has 8 heteroatoms. The van der Waals surface area contributed by atoms with Crippen molar-refractivity contribution in [3.8, 4) is 11.6 Å². The van der Waals surface area contributed by atoms with Crippen LogP contribution in [0.3, 0.4) is 0 Å². The van der Waals surface area contributed by atoms with Gasteiger partial charge in [0.05, 0.1) is 22.7 Å². The highest BCUT2D eigenvalue weighted by molar-refractivity contribution is 6.32. The highest BCUT2D eigenvalue weighted by Gasteiger charge is 2.30. The summed E-state index contributed by atoms with van der Waals surface area (Å²) >= 11 is 0. The first-order valence-corrected chi connectivity index (χ1v) is 10.0. The van der Waals surface area contributed by atoms with Crippen LogP contribution in [0.5, 0.6) is 5.88 Å². The highest BCUT2D eigenvalue weighted by Crippen LogP contribution is 2.27. The summed E-state index contributed by atoms with van der Waals surface area (Å²) in [5.74, 6) is -0.986. The molecule has 2 heterocycles. The fraction of sp³-hybridized carbons (Fsp3) is 0.167. The number of aromatic hydroxyl groups is 1. The van der Waals surface area contributed by atoms with Crippen LogP contribution in [0.1, 0.15) is 29.2 Å². The summed E-state index contributed by atoms with van der Waals surface area (Å²) in [7, 11) is 0. The molecule has 1 aliphatic heterocycles. The van der Waals surface area contributed by atoms with Gasteiger partial charge in [-0.2, -0.15) is 10.1 Å². The number of rotatable bonds is 3. The number of aromatic amines is 1. The fourth-order valence-corrected chi connectivity index (χ4v) is 3.54. The Morgan fingerprint density at radius 2 is 1.69 bits per heavy atom. The van der Waals surface area contributed by atoms with E-state index >= 15 is 0 Å². The number of nitrogens with one attached hydrogen (secondary N) is 1. The van der Waals surface area contributed by atoms with Crippen LogP contribution in [0.2, 0.25) is 0 Å². The molecule has 1 amide bonds. The van der Waals surface area contributed by atoms with Gasteiger partial charge in [-0.25, -0.2) is 9.36 Å². The zero-order valence-corrected chi connectivity index (χ0v) is 18.1. The summed E-state index contributed by atoms with van der Waals surface area (Å²) < 4.78 is 0.994. The van der Waals surface area contributed by atoms with E-state index in [1.807, 2.05) is 39.0 Å². The number of amides is 1. The lowest BCUT2D eigenvalue weighted by Gasteiger charge is -2.13. The van der Waals surface area contributed by atoms with Gasteiger partial charge in [-0.1, -0.05) is 18.2 Å². The summed E-state index contributed by atoms with van der Waals surface area (Å²) in [6.45, 7) is 7.41. The number of hydrogen-bond acceptors (Lipinski definition) is 5. The van der Waals surface area contributed by atoms with Crippen LogP contribution in [0.25, 0.3) is 11.8 Å². The molecular formula is C24H22N4O4. The number of aromatic nitrogens is 2. The standard InChI is InChI=1S/C24H22N4O4/c1-13-6-5-7-17(10-13)27-22(30)20(21(29)25-24(27)32)12-19-16(4)26-28(23(19)31)18-9-8-14(2)15(3)11-18/h5-12,30H,1-4H3,(H,25,29,32)/b19-12-. The molecule has 1 aliphatic rings. The number of anilines is 1. The number of aryl methyl sites for hydroxylation is 3. The highest BCUT2D eigenvalue weighted by atomic mass is 16.3. The smallest absolute Gasteiger partial charge is 0.335 e. The first-order valence-electron chi connectivity index (χ1n) is 10.0. The molecule has 8 nitrogen and oxygen atoms in total. The average Bonchev–Trinajstić information content (AvgIpc) is 3.01. The Kier molecular flexibility index (Phi) is 5.14. The van der Waals surface area contributed by atoms with Crippen LogP contribution in [0.15, 0.2) is 62.7 Å². The average molecular weight is 430 g/mol. The molecule has 2 N–H and O–H groups in total. The monoisotopic (exact) mass is 430 g/mol. The molecule has 0 saturated heterocycles. The van der Waals surface area contributed by atoms with E-state index in [0.717, 1.165) is 21.3 Å². The van der Waals surface area contributed by atoms with E-state index in [9.17, 15) is 19.5 Å². The number of hydrazone groups is 1. The van der Waals surface area contributed by atoms with Gasteiger partial charge in [-0.3, -0.25) is 14.6 Å². The maximum atomic E-state index is 13.1. The van der Waals surface area contributed by atoms with Gasteiger partial charge in [0.1, 0.15) is 5.56 Å². The quantitative estimate of drug-likeness (QED) is 0.623. The first-order chi connectivity index (χ1) is 15.2. The summed E-state index contributed by atoms with van der Waals surface area (Å²) in [5, 5.41) is 16.4. The minimum Gasteiger partial charge on any atom is -0.494 e. The van der Waals surface area contributed by atoms with Crippen molar-refractivity contribution < 1.29 is 9.90 Å². The molecule has 0 radical (unpaired) electrons. The molecule has 0 bridgehead atoms. The van der Waals surface area contributed by atoms with Crippen molar-refractivity contribution in [3.05, 3.63) is 91.1 Å². The van der Waals surface area contributed by atoms with Gasteiger partial charge in [0, 0.05) is 0 Å². The fourth-order valence-electron chi connectivity index (χ4n) is 3.54. The van der Waals surface area contributed by atoms with Gasteiger partial charge < -0.3 is 5.11 Å². The van der Waals surface area contributed by atoms with E-state index in [4.69, 9.17) is 0 Å². The minimum atomic E-state index is -0.797. The second-order valence-electron chi connectivity index (χ2n) is 7.80. The molecule has 0 aliphatic carbocycles. The Morgan fingerprint density at radius 1 is 0.938 bits per heavy atom. The van der Waals surface area contributed by atoms with Gasteiger partial charge >= 0.3 is 5.69 Å². The number of H-pyrrole nitrogens is 1. The molecular weight excluding hydrogens is 408 g/mol. The van der Waals surface area contributed by atoms with E-state index in [-0.39, 0.29) is 11.1 Å². The van der Waals surface area contributed by atoms with Crippen LogP contribution in [-0.2, 0) is 4.79 Å².